The summed E-state index contributed by atoms with van der Waals surface area (Å²) in [7, 11) is 0. The van der Waals surface area contributed by atoms with Crippen LogP contribution >= 0.6 is 11.5 Å². The molecular formula is C12H11N5S. The third-order valence-corrected chi connectivity index (χ3v) is 3.21. The van der Waals surface area contributed by atoms with E-state index in [-0.39, 0.29) is 6.04 Å². The highest BCUT2D eigenvalue weighted by Crippen LogP contribution is 2.20. The summed E-state index contributed by atoms with van der Waals surface area (Å²) in [4.78, 5) is 0. The zero-order chi connectivity index (χ0) is 12.4. The molecule has 2 heterocycles. The third kappa shape index (κ3) is 1.92. The van der Waals surface area contributed by atoms with E-state index in [1.165, 1.54) is 11.5 Å². The second-order valence-electron chi connectivity index (χ2n) is 3.81. The lowest BCUT2D eigenvalue weighted by Crippen LogP contribution is -2.17. The van der Waals surface area contributed by atoms with Crippen molar-refractivity contribution in [3.63, 3.8) is 0 Å². The van der Waals surface area contributed by atoms with Crippen molar-refractivity contribution in [3.8, 4) is 5.69 Å². The second-order valence-corrected chi connectivity index (χ2v) is 4.42. The average Bonchev–Trinajstić information content (AvgIpc) is 3.10. The predicted octanol–water partition coefficient (Wildman–Crippen LogP) is 1.77. The molecular weight excluding hydrogens is 246 g/mol. The van der Waals surface area contributed by atoms with E-state index in [1.807, 2.05) is 46.5 Å². The molecule has 3 rings (SSSR count). The van der Waals surface area contributed by atoms with Crippen LogP contribution in [-0.4, -0.2) is 19.4 Å². The van der Waals surface area contributed by atoms with E-state index in [2.05, 4.69) is 14.7 Å². The fraction of sp³-hybridized carbons (Fsp3) is 0.0833. The van der Waals surface area contributed by atoms with Gasteiger partial charge in [-0.25, -0.2) is 4.68 Å². The van der Waals surface area contributed by atoms with Crippen LogP contribution in [0.25, 0.3) is 5.69 Å². The Morgan fingerprint density at radius 2 is 2.00 bits per heavy atom. The van der Waals surface area contributed by atoms with Gasteiger partial charge in [0.25, 0.3) is 0 Å². The van der Waals surface area contributed by atoms with E-state index < -0.39 is 0 Å². The molecule has 6 heteroatoms. The van der Waals surface area contributed by atoms with Crippen molar-refractivity contribution < 1.29 is 0 Å². The molecule has 0 saturated heterocycles. The van der Waals surface area contributed by atoms with E-state index >= 15 is 0 Å². The van der Waals surface area contributed by atoms with Crippen molar-refractivity contribution in [2.75, 3.05) is 0 Å². The lowest BCUT2D eigenvalue weighted by molar-refractivity contribution is 0.719. The number of nitrogens with zero attached hydrogens (tertiary/aromatic N) is 4. The smallest absolute Gasteiger partial charge is 0.0983 e. The van der Waals surface area contributed by atoms with Gasteiger partial charge in [-0.15, -0.1) is 5.10 Å². The normalized spacial score (nSPS) is 12.5. The van der Waals surface area contributed by atoms with Gasteiger partial charge in [-0.05, 0) is 29.7 Å². The second kappa shape index (κ2) is 4.67. The molecule has 2 N–H and O–H groups in total. The van der Waals surface area contributed by atoms with Crippen LogP contribution < -0.4 is 5.73 Å². The SMILES string of the molecule is NC(c1csnn1)c1ccnn1-c1ccccc1. The van der Waals surface area contributed by atoms with Gasteiger partial charge in [0.1, 0.15) is 0 Å². The monoisotopic (exact) mass is 257 g/mol. The Balaban J connectivity index is 2.02. The molecule has 0 radical (unpaired) electrons. The van der Waals surface area contributed by atoms with Crippen LogP contribution in [-0.2, 0) is 0 Å². The Hall–Kier alpha value is -2.05. The van der Waals surface area contributed by atoms with Crippen molar-refractivity contribution >= 4 is 11.5 Å². The molecule has 2 aromatic heterocycles. The number of nitrogens with two attached hydrogens (primary N) is 1. The van der Waals surface area contributed by atoms with E-state index in [0.717, 1.165) is 17.1 Å². The molecule has 1 unspecified atom stereocenters. The molecule has 3 aromatic rings. The molecule has 0 amide bonds. The van der Waals surface area contributed by atoms with Crippen LogP contribution in [0.3, 0.4) is 0 Å². The van der Waals surface area contributed by atoms with Crippen molar-refractivity contribution in [1.29, 1.82) is 0 Å². The van der Waals surface area contributed by atoms with Crippen LogP contribution in [0.15, 0.2) is 48.0 Å². The van der Waals surface area contributed by atoms with Gasteiger partial charge in [-0.1, -0.05) is 22.7 Å². The van der Waals surface area contributed by atoms with Crippen LogP contribution in [0, 0.1) is 0 Å². The number of rotatable bonds is 3. The van der Waals surface area contributed by atoms with E-state index in [0.29, 0.717) is 0 Å². The Morgan fingerprint density at radius 1 is 1.17 bits per heavy atom. The number of hydrogen-bond acceptors (Lipinski definition) is 5. The van der Waals surface area contributed by atoms with Gasteiger partial charge in [0.05, 0.1) is 23.1 Å². The predicted molar refractivity (Wildman–Crippen MR) is 69.5 cm³/mol. The summed E-state index contributed by atoms with van der Waals surface area (Å²) in [6, 6.07) is 11.5. The number of benzene rings is 1. The van der Waals surface area contributed by atoms with Crippen molar-refractivity contribution in [2.45, 2.75) is 6.04 Å². The maximum atomic E-state index is 6.19. The largest absolute Gasteiger partial charge is 0.318 e. The number of hydrogen-bond donors (Lipinski definition) is 1. The summed E-state index contributed by atoms with van der Waals surface area (Å²) >= 11 is 1.30. The van der Waals surface area contributed by atoms with Crippen molar-refractivity contribution in [2.24, 2.45) is 5.73 Å². The van der Waals surface area contributed by atoms with Crippen molar-refractivity contribution in [1.82, 2.24) is 19.4 Å². The summed E-state index contributed by atoms with van der Waals surface area (Å²) < 4.78 is 5.66. The summed E-state index contributed by atoms with van der Waals surface area (Å²) in [6.45, 7) is 0. The number of para-hydroxylation sites is 1. The Morgan fingerprint density at radius 3 is 2.72 bits per heavy atom. The van der Waals surface area contributed by atoms with Crippen molar-refractivity contribution in [3.05, 3.63) is 59.4 Å². The van der Waals surface area contributed by atoms with Gasteiger partial charge in [0.2, 0.25) is 0 Å². The highest BCUT2D eigenvalue weighted by atomic mass is 32.1. The van der Waals surface area contributed by atoms with Gasteiger partial charge in [-0.2, -0.15) is 5.10 Å². The fourth-order valence-electron chi connectivity index (χ4n) is 1.79. The topological polar surface area (TPSA) is 69.6 Å². The first kappa shape index (κ1) is 11.1. The third-order valence-electron chi connectivity index (χ3n) is 2.69. The molecule has 0 fully saturated rings. The summed E-state index contributed by atoms with van der Waals surface area (Å²) in [6.07, 6.45) is 1.74. The van der Waals surface area contributed by atoms with Gasteiger partial charge in [0.15, 0.2) is 0 Å². The Bertz CT molecular complexity index is 617. The molecule has 0 bridgehead atoms. The lowest BCUT2D eigenvalue weighted by Gasteiger charge is -2.11. The zero-order valence-corrected chi connectivity index (χ0v) is 10.3. The van der Waals surface area contributed by atoms with E-state index in [1.54, 1.807) is 6.20 Å². The van der Waals surface area contributed by atoms with Gasteiger partial charge in [0, 0.05) is 11.6 Å². The first-order valence-corrected chi connectivity index (χ1v) is 6.32. The Kier molecular flexibility index (Phi) is 2.87. The minimum Gasteiger partial charge on any atom is -0.318 e. The van der Waals surface area contributed by atoms with E-state index in [9.17, 15) is 0 Å². The quantitative estimate of drug-likeness (QED) is 0.776. The Labute approximate surface area is 108 Å². The molecule has 18 heavy (non-hydrogen) atoms. The van der Waals surface area contributed by atoms with Crippen LogP contribution in [0.5, 0.6) is 0 Å². The van der Waals surface area contributed by atoms with Crippen LogP contribution in [0.2, 0.25) is 0 Å². The molecule has 0 aliphatic carbocycles. The average molecular weight is 257 g/mol. The molecule has 90 valence electrons. The van der Waals surface area contributed by atoms with Gasteiger partial charge >= 0.3 is 0 Å². The zero-order valence-electron chi connectivity index (χ0n) is 9.47. The lowest BCUT2D eigenvalue weighted by atomic mass is 10.1. The molecule has 1 aromatic carbocycles. The molecule has 0 saturated carbocycles. The molecule has 0 spiro atoms. The summed E-state index contributed by atoms with van der Waals surface area (Å²) in [5, 5.41) is 10.2. The maximum absolute atomic E-state index is 6.19. The highest BCUT2D eigenvalue weighted by Gasteiger charge is 2.17. The number of aromatic nitrogens is 4. The van der Waals surface area contributed by atoms with Gasteiger partial charge < -0.3 is 5.73 Å². The van der Waals surface area contributed by atoms with Gasteiger partial charge in [-0.3, -0.25) is 0 Å². The van der Waals surface area contributed by atoms with Crippen LogP contribution in [0.4, 0.5) is 0 Å². The maximum Gasteiger partial charge on any atom is 0.0983 e. The van der Waals surface area contributed by atoms with Crippen LogP contribution in [0.1, 0.15) is 17.4 Å². The molecule has 0 aliphatic heterocycles. The minimum absolute atomic E-state index is 0.313. The highest BCUT2D eigenvalue weighted by molar-refractivity contribution is 7.03. The molecule has 1 atom stereocenters. The first-order valence-electron chi connectivity index (χ1n) is 5.48. The summed E-state index contributed by atoms with van der Waals surface area (Å²) in [5.41, 5.74) is 8.83. The fourth-order valence-corrected chi connectivity index (χ4v) is 2.28. The standard InChI is InChI=1S/C12H11N5S/c13-12(10-8-18-16-15-10)11-6-7-14-17(11)9-4-2-1-3-5-9/h1-8,12H,13H2. The van der Waals surface area contributed by atoms with E-state index in [4.69, 9.17) is 5.73 Å². The molecule has 0 aliphatic rings. The first-order chi connectivity index (χ1) is 8.86. The molecule has 5 nitrogen and oxygen atoms in total. The minimum atomic E-state index is -0.313. The summed E-state index contributed by atoms with van der Waals surface area (Å²) in [5.74, 6) is 0.